The number of likely N-dealkylation sites (N-methyl/N-ethyl adjacent to an activating group) is 1. The van der Waals surface area contributed by atoms with Crippen LogP contribution in [0.3, 0.4) is 0 Å². The van der Waals surface area contributed by atoms with Crippen LogP contribution in [0.5, 0.6) is 0 Å². The molecular weight excluding hydrogens is 264 g/mol. The smallest absolute Gasteiger partial charge is 0.237 e. The second-order valence-electron chi connectivity index (χ2n) is 6.28. The number of hydrogen-bond acceptors (Lipinski definition) is 4. The van der Waals surface area contributed by atoms with E-state index in [0.717, 1.165) is 25.9 Å². The summed E-state index contributed by atoms with van der Waals surface area (Å²) in [5.74, 6) is 0.200. The molecule has 2 aliphatic rings. The van der Waals surface area contributed by atoms with Crippen molar-refractivity contribution in [2.24, 2.45) is 0 Å². The van der Waals surface area contributed by atoms with Gasteiger partial charge in [0.1, 0.15) is 0 Å². The van der Waals surface area contributed by atoms with E-state index in [1.165, 1.54) is 58.5 Å². The molecule has 1 atom stereocenters. The number of piperidine rings is 1. The van der Waals surface area contributed by atoms with Crippen molar-refractivity contribution < 1.29 is 4.79 Å². The average molecular weight is 296 g/mol. The van der Waals surface area contributed by atoms with Gasteiger partial charge in [0.05, 0.1) is 6.04 Å². The van der Waals surface area contributed by atoms with Crippen LogP contribution in [0.1, 0.15) is 39.0 Å². The Labute approximate surface area is 129 Å². The minimum absolute atomic E-state index is 0.0564. The highest BCUT2D eigenvalue weighted by Gasteiger charge is 2.19. The summed E-state index contributed by atoms with van der Waals surface area (Å²) in [6.45, 7) is 11.2. The summed E-state index contributed by atoms with van der Waals surface area (Å²) in [5.41, 5.74) is 0. The summed E-state index contributed by atoms with van der Waals surface area (Å²) in [6, 6.07) is 0.0564. The molecule has 0 spiro atoms. The Bertz CT molecular complexity index is 297. The summed E-state index contributed by atoms with van der Waals surface area (Å²) < 4.78 is 0. The second kappa shape index (κ2) is 9.38. The summed E-state index contributed by atoms with van der Waals surface area (Å²) in [7, 11) is 0. The van der Waals surface area contributed by atoms with Crippen molar-refractivity contribution in [3.8, 4) is 0 Å². The molecule has 0 aromatic heterocycles. The quantitative estimate of drug-likeness (QED) is 0.678. The van der Waals surface area contributed by atoms with E-state index in [0.29, 0.717) is 0 Å². The molecule has 0 radical (unpaired) electrons. The third-order valence-corrected chi connectivity index (χ3v) is 4.74. The lowest BCUT2D eigenvalue weighted by Gasteiger charge is -2.34. The minimum Gasteiger partial charge on any atom is -0.355 e. The van der Waals surface area contributed by atoms with E-state index in [1.807, 2.05) is 0 Å². The fourth-order valence-electron chi connectivity index (χ4n) is 3.20. The fraction of sp³-hybridized carbons (Fsp3) is 0.938. The average Bonchev–Trinajstić information content (AvgIpc) is 2.55. The first-order valence-electron chi connectivity index (χ1n) is 8.75. The molecule has 2 heterocycles. The third kappa shape index (κ3) is 5.93. The van der Waals surface area contributed by atoms with Crippen LogP contribution in [0.2, 0.25) is 0 Å². The van der Waals surface area contributed by atoms with E-state index in [1.54, 1.807) is 0 Å². The highest BCUT2D eigenvalue weighted by Crippen LogP contribution is 2.07. The number of unbranched alkanes of at least 4 members (excludes halogenated alkanes) is 1. The van der Waals surface area contributed by atoms with E-state index < -0.39 is 0 Å². The van der Waals surface area contributed by atoms with Gasteiger partial charge in [0.25, 0.3) is 0 Å². The number of rotatable bonds is 7. The van der Waals surface area contributed by atoms with Crippen LogP contribution >= 0.6 is 0 Å². The molecule has 2 aliphatic heterocycles. The lowest BCUT2D eigenvalue weighted by atomic mass is 10.0. The number of nitrogens with zero attached hydrogens (tertiary/aromatic N) is 2. The van der Waals surface area contributed by atoms with Crippen LogP contribution in [0, 0.1) is 0 Å². The summed E-state index contributed by atoms with van der Waals surface area (Å²) in [4.78, 5) is 17.0. The lowest BCUT2D eigenvalue weighted by molar-refractivity contribution is -0.123. The van der Waals surface area contributed by atoms with Gasteiger partial charge in [-0.05, 0) is 45.3 Å². The molecule has 1 amide bonds. The van der Waals surface area contributed by atoms with Gasteiger partial charge in [-0.3, -0.25) is 4.79 Å². The Morgan fingerprint density at radius 1 is 1.14 bits per heavy atom. The number of nitrogens with one attached hydrogen (secondary N) is 2. The summed E-state index contributed by atoms with van der Waals surface area (Å²) >= 11 is 0. The SMILES string of the molecule is CCN1CCN(CCCCNC(=O)[C@H]2CCCCN2)CC1. The van der Waals surface area contributed by atoms with Crippen LogP contribution in [0.25, 0.3) is 0 Å². The first-order valence-corrected chi connectivity index (χ1v) is 8.75. The third-order valence-electron chi connectivity index (χ3n) is 4.74. The van der Waals surface area contributed by atoms with Crippen molar-refractivity contribution >= 4 is 5.91 Å². The summed E-state index contributed by atoms with van der Waals surface area (Å²) in [5, 5.41) is 6.37. The lowest BCUT2D eigenvalue weighted by Crippen LogP contribution is -2.47. The minimum atomic E-state index is 0.0564. The molecule has 2 rings (SSSR count). The maximum atomic E-state index is 11.9. The number of hydrogen-bond donors (Lipinski definition) is 2. The van der Waals surface area contributed by atoms with Crippen LogP contribution in [0.4, 0.5) is 0 Å². The van der Waals surface area contributed by atoms with E-state index in [-0.39, 0.29) is 11.9 Å². The van der Waals surface area contributed by atoms with Gasteiger partial charge >= 0.3 is 0 Å². The van der Waals surface area contributed by atoms with E-state index in [4.69, 9.17) is 0 Å². The first kappa shape index (κ1) is 16.7. The number of carbonyl (C=O) groups excluding carboxylic acids is 1. The monoisotopic (exact) mass is 296 g/mol. The van der Waals surface area contributed by atoms with Crippen molar-refractivity contribution in [3.05, 3.63) is 0 Å². The van der Waals surface area contributed by atoms with Crippen LogP contribution in [0.15, 0.2) is 0 Å². The topological polar surface area (TPSA) is 47.6 Å². The van der Waals surface area contributed by atoms with Crippen molar-refractivity contribution in [1.82, 2.24) is 20.4 Å². The molecule has 21 heavy (non-hydrogen) atoms. The predicted octanol–water partition coefficient (Wildman–Crippen LogP) is 0.662. The molecule has 0 aromatic rings. The van der Waals surface area contributed by atoms with Gasteiger partial charge in [-0.15, -0.1) is 0 Å². The molecule has 5 nitrogen and oxygen atoms in total. The molecule has 0 bridgehead atoms. The van der Waals surface area contributed by atoms with Crippen molar-refractivity contribution in [1.29, 1.82) is 0 Å². The molecule has 2 fully saturated rings. The Morgan fingerprint density at radius 2 is 1.90 bits per heavy atom. The Balaban J connectivity index is 1.47. The first-order chi connectivity index (χ1) is 10.3. The van der Waals surface area contributed by atoms with Crippen molar-refractivity contribution in [2.45, 2.75) is 45.1 Å². The van der Waals surface area contributed by atoms with Crippen LogP contribution < -0.4 is 10.6 Å². The molecule has 0 saturated carbocycles. The van der Waals surface area contributed by atoms with E-state index in [9.17, 15) is 4.79 Å². The molecule has 122 valence electrons. The van der Waals surface area contributed by atoms with E-state index >= 15 is 0 Å². The molecule has 2 N–H and O–H groups in total. The Kier molecular flexibility index (Phi) is 7.47. The van der Waals surface area contributed by atoms with Gasteiger partial charge in [-0.25, -0.2) is 0 Å². The van der Waals surface area contributed by atoms with Crippen LogP contribution in [-0.4, -0.2) is 74.1 Å². The van der Waals surface area contributed by atoms with E-state index in [2.05, 4.69) is 27.4 Å². The fourth-order valence-corrected chi connectivity index (χ4v) is 3.20. The Morgan fingerprint density at radius 3 is 2.57 bits per heavy atom. The highest BCUT2D eigenvalue weighted by molar-refractivity contribution is 5.81. The van der Waals surface area contributed by atoms with Crippen molar-refractivity contribution in [3.63, 3.8) is 0 Å². The molecule has 0 aromatic carbocycles. The molecule has 0 aliphatic carbocycles. The molecule has 0 unspecified atom stereocenters. The second-order valence-corrected chi connectivity index (χ2v) is 6.28. The number of amides is 1. The number of piperazine rings is 1. The van der Waals surface area contributed by atoms with Gasteiger partial charge in [0.2, 0.25) is 5.91 Å². The zero-order valence-electron chi connectivity index (χ0n) is 13.6. The highest BCUT2D eigenvalue weighted by atomic mass is 16.2. The predicted molar refractivity (Wildman–Crippen MR) is 86.4 cm³/mol. The zero-order chi connectivity index (χ0) is 14.9. The number of carbonyl (C=O) groups is 1. The normalized spacial score (nSPS) is 24.9. The van der Waals surface area contributed by atoms with Gasteiger partial charge in [-0.2, -0.15) is 0 Å². The van der Waals surface area contributed by atoms with Gasteiger partial charge in [-0.1, -0.05) is 13.3 Å². The molecule has 2 saturated heterocycles. The maximum absolute atomic E-state index is 11.9. The molecular formula is C16H32N4O. The van der Waals surface area contributed by atoms with Crippen molar-refractivity contribution in [2.75, 3.05) is 52.4 Å². The standard InChI is InChI=1S/C16H32N4O/c1-2-19-11-13-20(14-12-19)10-6-5-9-18-16(21)15-7-3-4-8-17-15/h15,17H,2-14H2,1H3,(H,18,21)/t15-/m1/s1. The summed E-state index contributed by atoms with van der Waals surface area (Å²) in [6.07, 6.45) is 5.65. The zero-order valence-corrected chi connectivity index (χ0v) is 13.6. The maximum Gasteiger partial charge on any atom is 0.237 e. The van der Waals surface area contributed by atoms with Gasteiger partial charge in [0, 0.05) is 32.7 Å². The largest absolute Gasteiger partial charge is 0.355 e. The Hall–Kier alpha value is -0.650. The van der Waals surface area contributed by atoms with Gasteiger partial charge < -0.3 is 20.4 Å². The van der Waals surface area contributed by atoms with Crippen LogP contribution in [-0.2, 0) is 4.79 Å². The van der Waals surface area contributed by atoms with Gasteiger partial charge in [0.15, 0.2) is 0 Å². The molecule has 5 heteroatoms.